The fraction of sp³-hybridized carbons (Fsp3) is 0.556. The summed E-state index contributed by atoms with van der Waals surface area (Å²) in [6, 6.07) is 0.373. The number of rotatable bonds is 11. The van der Waals surface area contributed by atoms with Gasteiger partial charge in [-0.2, -0.15) is 0 Å². The zero-order chi connectivity index (χ0) is 15.4. The zero-order valence-electron chi connectivity index (χ0n) is 13.5. The molecule has 2 heteroatoms. The molecule has 0 saturated carbocycles. The predicted molar refractivity (Wildman–Crippen MR) is 91.6 cm³/mol. The predicted octanol–water partition coefficient (Wildman–Crippen LogP) is 4.47. The minimum absolute atomic E-state index is 0.373. The van der Waals surface area contributed by atoms with Crippen molar-refractivity contribution in [1.82, 2.24) is 5.32 Å². The molecule has 0 fully saturated rings. The quantitative estimate of drug-likeness (QED) is 0.432. The van der Waals surface area contributed by atoms with Gasteiger partial charge in [0, 0.05) is 18.8 Å². The van der Waals surface area contributed by atoms with Gasteiger partial charge in [0.15, 0.2) is 0 Å². The first-order chi connectivity index (χ1) is 9.54. The van der Waals surface area contributed by atoms with Gasteiger partial charge in [-0.15, -0.1) is 0 Å². The van der Waals surface area contributed by atoms with Gasteiger partial charge in [-0.1, -0.05) is 50.6 Å². The van der Waals surface area contributed by atoms with E-state index in [1.165, 1.54) is 24.8 Å². The third-order valence-electron chi connectivity index (χ3n) is 3.47. The number of allylic oxidation sites excluding steroid dienone is 5. The van der Waals surface area contributed by atoms with Crippen LogP contribution < -0.4 is 11.1 Å². The van der Waals surface area contributed by atoms with E-state index in [9.17, 15) is 0 Å². The summed E-state index contributed by atoms with van der Waals surface area (Å²) in [6.07, 6.45) is 12.9. The molecule has 0 aliphatic heterocycles. The summed E-state index contributed by atoms with van der Waals surface area (Å²) in [7, 11) is 1.92. The molecule has 1 unspecified atom stereocenters. The largest absolute Gasteiger partial charge is 0.388 e. The molecule has 0 bridgehead atoms. The summed E-state index contributed by atoms with van der Waals surface area (Å²) in [5.74, 6) is 0. The summed E-state index contributed by atoms with van der Waals surface area (Å²) >= 11 is 0. The second-order valence-electron chi connectivity index (χ2n) is 5.34. The van der Waals surface area contributed by atoms with E-state index in [0.29, 0.717) is 6.04 Å². The van der Waals surface area contributed by atoms with Crippen molar-refractivity contribution in [2.45, 2.75) is 58.4 Å². The molecule has 3 N–H and O–H groups in total. The molecule has 0 aliphatic carbocycles. The van der Waals surface area contributed by atoms with Crippen LogP contribution in [0.3, 0.4) is 0 Å². The van der Waals surface area contributed by atoms with Crippen LogP contribution >= 0.6 is 0 Å². The Morgan fingerprint density at radius 3 is 2.50 bits per heavy atom. The van der Waals surface area contributed by atoms with E-state index in [0.717, 1.165) is 30.5 Å². The molecule has 0 saturated heterocycles. The molecule has 0 rings (SSSR count). The number of nitrogens with one attached hydrogen (secondary N) is 1. The van der Waals surface area contributed by atoms with E-state index in [-0.39, 0.29) is 0 Å². The Balaban J connectivity index is 4.03. The summed E-state index contributed by atoms with van der Waals surface area (Å²) in [6.45, 7) is 12.1. The second kappa shape index (κ2) is 11.5. The molecule has 20 heavy (non-hydrogen) atoms. The Hall–Kier alpha value is -1.28. The van der Waals surface area contributed by atoms with Gasteiger partial charge in [0.2, 0.25) is 0 Å². The Labute approximate surface area is 125 Å². The summed E-state index contributed by atoms with van der Waals surface area (Å²) in [5.41, 5.74) is 9.40. The maximum atomic E-state index is 6.01. The van der Waals surface area contributed by atoms with Crippen molar-refractivity contribution in [3.05, 3.63) is 48.2 Å². The van der Waals surface area contributed by atoms with Crippen molar-refractivity contribution < 1.29 is 0 Å². The molecule has 0 amide bonds. The number of hydrogen-bond donors (Lipinski definition) is 2. The van der Waals surface area contributed by atoms with Gasteiger partial charge in [-0.25, -0.2) is 0 Å². The third-order valence-corrected chi connectivity index (χ3v) is 3.47. The Morgan fingerprint density at radius 1 is 1.25 bits per heavy atom. The molecular formula is C18H32N2. The minimum atomic E-state index is 0.373. The van der Waals surface area contributed by atoms with E-state index in [4.69, 9.17) is 5.73 Å². The van der Waals surface area contributed by atoms with Gasteiger partial charge in [-0.3, -0.25) is 0 Å². The van der Waals surface area contributed by atoms with Gasteiger partial charge in [0.25, 0.3) is 0 Å². The lowest BCUT2D eigenvalue weighted by atomic mass is 10.0. The van der Waals surface area contributed by atoms with Crippen molar-refractivity contribution in [1.29, 1.82) is 0 Å². The van der Waals surface area contributed by atoms with Gasteiger partial charge in [0.1, 0.15) is 0 Å². The van der Waals surface area contributed by atoms with Crippen LogP contribution in [0.15, 0.2) is 48.2 Å². The molecule has 0 spiro atoms. The van der Waals surface area contributed by atoms with E-state index < -0.39 is 0 Å². The highest BCUT2D eigenvalue weighted by atomic mass is 14.8. The Morgan fingerprint density at radius 2 is 1.95 bits per heavy atom. The molecule has 1 atom stereocenters. The number of hydrogen-bond acceptors (Lipinski definition) is 2. The van der Waals surface area contributed by atoms with Gasteiger partial charge in [-0.05, 0) is 44.3 Å². The van der Waals surface area contributed by atoms with Crippen molar-refractivity contribution in [2.75, 3.05) is 7.05 Å². The summed E-state index contributed by atoms with van der Waals surface area (Å²) < 4.78 is 0. The van der Waals surface area contributed by atoms with Crippen LogP contribution in [0.25, 0.3) is 0 Å². The maximum Gasteiger partial charge on any atom is 0.0367 e. The molecule has 114 valence electrons. The molecule has 0 aromatic carbocycles. The third kappa shape index (κ3) is 8.76. The second-order valence-corrected chi connectivity index (χ2v) is 5.34. The molecule has 0 aromatic heterocycles. The fourth-order valence-electron chi connectivity index (χ4n) is 2.08. The maximum absolute atomic E-state index is 6.01. The van der Waals surface area contributed by atoms with E-state index >= 15 is 0 Å². The number of likely N-dealkylation sites (N-methyl/N-ethyl adjacent to an activating group) is 1. The lowest BCUT2D eigenvalue weighted by Crippen LogP contribution is -2.18. The van der Waals surface area contributed by atoms with Crippen molar-refractivity contribution >= 4 is 0 Å². The van der Waals surface area contributed by atoms with Crippen LogP contribution in [0.1, 0.15) is 52.4 Å². The van der Waals surface area contributed by atoms with Crippen molar-refractivity contribution in [3.63, 3.8) is 0 Å². The Bertz CT molecular complexity index is 350. The van der Waals surface area contributed by atoms with Gasteiger partial charge in [0.05, 0.1) is 0 Å². The first-order valence-corrected chi connectivity index (χ1v) is 7.67. The molecule has 0 radical (unpaired) electrons. The van der Waals surface area contributed by atoms with Crippen molar-refractivity contribution in [3.8, 4) is 0 Å². The normalized spacial score (nSPS) is 14.0. The van der Waals surface area contributed by atoms with E-state index in [1.54, 1.807) is 0 Å². The smallest absolute Gasteiger partial charge is 0.0367 e. The SMILES string of the molecule is C=C/C(C)=C(\C=C/C(=C)CCCCC(N)CCC)NC. The highest BCUT2D eigenvalue weighted by Crippen LogP contribution is 2.12. The van der Waals surface area contributed by atoms with Crippen LogP contribution in [0.2, 0.25) is 0 Å². The molecule has 0 aromatic rings. The lowest BCUT2D eigenvalue weighted by Gasteiger charge is -2.09. The molecule has 2 nitrogen and oxygen atoms in total. The average molecular weight is 276 g/mol. The standard InChI is InChI=1S/C18H32N2/c1-6-10-17(19)12-9-8-11-15(3)13-14-18(20-5)16(4)7-2/h7,13-14,17,20H,2-3,6,8-12,19H2,1,4-5H3/b14-13-,18-16+. The van der Waals surface area contributed by atoms with E-state index in [1.807, 2.05) is 20.0 Å². The van der Waals surface area contributed by atoms with Crippen LogP contribution in [-0.2, 0) is 0 Å². The van der Waals surface area contributed by atoms with Crippen molar-refractivity contribution in [2.24, 2.45) is 5.73 Å². The minimum Gasteiger partial charge on any atom is -0.388 e. The number of nitrogens with two attached hydrogens (primary N) is 1. The Kier molecular flexibility index (Phi) is 10.8. The van der Waals surface area contributed by atoms with Gasteiger partial charge < -0.3 is 11.1 Å². The summed E-state index contributed by atoms with van der Waals surface area (Å²) in [5, 5.41) is 3.17. The van der Waals surface area contributed by atoms with Crippen LogP contribution in [0, 0.1) is 0 Å². The average Bonchev–Trinajstić information content (AvgIpc) is 2.44. The zero-order valence-corrected chi connectivity index (χ0v) is 13.5. The van der Waals surface area contributed by atoms with Gasteiger partial charge >= 0.3 is 0 Å². The summed E-state index contributed by atoms with van der Waals surface area (Å²) in [4.78, 5) is 0. The monoisotopic (exact) mass is 276 g/mol. The lowest BCUT2D eigenvalue weighted by molar-refractivity contribution is 0.527. The highest BCUT2D eigenvalue weighted by Gasteiger charge is 2.00. The van der Waals surface area contributed by atoms with Crippen LogP contribution in [0.5, 0.6) is 0 Å². The van der Waals surface area contributed by atoms with E-state index in [2.05, 4.69) is 37.6 Å². The molecular weight excluding hydrogens is 244 g/mol. The fourth-order valence-corrected chi connectivity index (χ4v) is 2.08. The first kappa shape index (κ1) is 18.7. The van der Waals surface area contributed by atoms with Crippen LogP contribution in [0.4, 0.5) is 0 Å². The first-order valence-electron chi connectivity index (χ1n) is 7.67. The molecule has 0 heterocycles. The molecule has 0 aliphatic rings. The number of unbranched alkanes of at least 4 members (excludes halogenated alkanes) is 1. The van der Waals surface area contributed by atoms with Crippen LogP contribution in [-0.4, -0.2) is 13.1 Å². The highest BCUT2D eigenvalue weighted by molar-refractivity contribution is 5.32. The topological polar surface area (TPSA) is 38.0 Å².